The fourth-order valence-corrected chi connectivity index (χ4v) is 3.16. The third-order valence-corrected chi connectivity index (χ3v) is 5.34. The zero-order valence-electron chi connectivity index (χ0n) is 13.4. The summed E-state index contributed by atoms with van der Waals surface area (Å²) in [5.41, 5.74) is 0.444. The topological polar surface area (TPSA) is 63.7 Å². The Morgan fingerprint density at radius 1 is 1.12 bits per heavy atom. The van der Waals surface area contributed by atoms with Crippen LogP contribution in [0.3, 0.4) is 0 Å². The third-order valence-electron chi connectivity index (χ3n) is 3.47. The van der Waals surface area contributed by atoms with Gasteiger partial charge in [-0.05, 0) is 31.2 Å². The Balaban J connectivity index is 2.01. The SMILES string of the molecule is CC(=O)c1ccc(S(=O)(=O)N(C)CCOc2ccccc2F)cc1. The molecular weight excluding hydrogens is 333 g/mol. The molecule has 2 aromatic carbocycles. The Labute approximate surface area is 140 Å². The van der Waals surface area contributed by atoms with Crippen molar-refractivity contribution < 1.29 is 22.3 Å². The minimum atomic E-state index is -3.70. The van der Waals surface area contributed by atoms with Gasteiger partial charge in [-0.2, -0.15) is 4.31 Å². The molecule has 2 rings (SSSR count). The van der Waals surface area contributed by atoms with Crippen LogP contribution >= 0.6 is 0 Å². The Kier molecular flexibility index (Phi) is 5.69. The molecule has 24 heavy (non-hydrogen) atoms. The van der Waals surface area contributed by atoms with Gasteiger partial charge in [0.1, 0.15) is 6.61 Å². The molecule has 0 spiro atoms. The third kappa shape index (κ3) is 4.18. The molecule has 0 saturated carbocycles. The van der Waals surface area contributed by atoms with E-state index >= 15 is 0 Å². The van der Waals surface area contributed by atoms with Gasteiger partial charge in [0.15, 0.2) is 17.3 Å². The van der Waals surface area contributed by atoms with Crippen LogP contribution < -0.4 is 4.74 Å². The normalized spacial score (nSPS) is 11.5. The average molecular weight is 351 g/mol. The highest BCUT2D eigenvalue weighted by Crippen LogP contribution is 2.17. The van der Waals surface area contributed by atoms with Crippen molar-refractivity contribution in [1.82, 2.24) is 4.31 Å². The highest BCUT2D eigenvalue weighted by atomic mass is 32.2. The number of hydrogen-bond acceptors (Lipinski definition) is 4. The van der Waals surface area contributed by atoms with Gasteiger partial charge in [-0.3, -0.25) is 4.79 Å². The van der Waals surface area contributed by atoms with E-state index in [2.05, 4.69) is 0 Å². The number of carbonyl (C=O) groups is 1. The summed E-state index contributed by atoms with van der Waals surface area (Å²) in [7, 11) is -2.28. The molecule has 5 nitrogen and oxygen atoms in total. The summed E-state index contributed by atoms with van der Waals surface area (Å²) in [6.45, 7) is 1.49. The second kappa shape index (κ2) is 7.55. The van der Waals surface area contributed by atoms with Crippen LogP contribution in [0.15, 0.2) is 53.4 Å². The molecule has 7 heteroatoms. The number of nitrogens with zero attached hydrogens (tertiary/aromatic N) is 1. The molecular formula is C17H18FNO4S. The van der Waals surface area contributed by atoms with Gasteiger partial charge in [0.25, 0.3) is 0 Å². The largest absolute Gasteiger partial charge is 0.489 e. The van der Waals surface area contributed by atoms with E-state index in [1.54, 1.807) is 12.1 Å². The van der Waals surface area contributed by atoms with Crippen molar-refractivity contribution >= 4 is 15.8 Å². The Bertz CT molecular complexity index is 819. The Morgan fingerprint density at radius 2 is 1.75 bits per heavy atom. The Morgan fingerprint density at radius 3 is 2.33 bits per heavy atom. The molecule has 2 aromatic rings. The number of rotatable bonds is 7. The molecule has 128 valence electrons. The van der Waals surface area contributed by atoms with Gasteiger partial charge in [0.2, 0.25) is 10.0 Å². The number of halogens is 1. The minimum absolute atomic E-state index is 0.0161. The summed E-state index contributed by atoms with van der Waals surface area (Å²) in [4.78, 5) is 11.3. The van der Waals surface area contributed by atoms with Crippen molar-refractivity contribution in [1.29, 1.82) is 0 Å². The first-order chi connectivity index (χ1) is 11.3. The first-order valence-electron chi connectivity index (χ1n) is 7.27. The van der Waals surface area contributed by atoms with Crippen molar-refractivity contribution in [3.05, 3.63) is 59.9 Å². The molecule has 0 amide bonds. The lowest BCUT2D eigenvalue weighted by Gasteiger charge is -2.17. The molecule has 0 atom stereocenters. The van der Waals surface area contributed by atoms with Crippen LogP contribution in [-0.4, -0.2) is 38.7 Å². The van der Waals surface area contributed by atoms with Crippen molar-refractivity contribution in [2.24, 2.45) is 0 Å². The molecule has 0 heterocycles. The molecule has 0 aliphatic carbocycles. The van der Waals surface area contributed by atoms with Gasteiger partial charge >= 0.3 is 0 Å². The molecule has 0 aliphatic heterocycles. The maximum atomic E-state index is 13.4. The van der Waals surface area contributed by atoms with Crippen molar-refractivity contribution in [3.8, 4) is 5.75 Å². The number of ketones is 1. The van der Waals surface area contributed by atoms with Crippen LogP contribution in [0, 0.1) is 5.82 Å². The summed E-state index contributed by atoms with van der Waals surface area (Å²) in [5, 5.41) is 0. The average Bonchev–Trinajstić information content (AvgIpc) is 2.56. The van der Waals surface area contributed by atoms with Gasteiger partial charge in [0, 0.05) is 19.2 Å². The summed E-state index contributed by atoms with van der Waals surface area (Å²) >= 11 is 0. The van der Waals surface area contributed by atoms with Gasteiger partial charge < -0.3 is 4.74 Å². The van der Waals surface area contributed by atoms with E-state index < -0.39 is 15.8 Å². The van der Waals surface area contributed by atoms with E-state index in [4.69, 9.17) is 4.74 Å². The maximum Gasteiger partial charge on any atom is 0.242 e. The molecule has 0 N–H and O–H groups in total. The van der Waals surface area contributed by atoms with E-state index in [1.165, 1.54) is 50.4 Å². The quantitative estimate of drug-likeness (QED) is 0.720. The Hall–Kier alpha value is -2.25. The second-order valence-electron chi connectivity index (χ2n) is 5.19. The van der Waals surface area contributed by atoms with E-state index in [0.29, 0.717) is 5.56 Å². The molecule has 0 aromatic heterocycles. The lowest BCUT2D eigenvalue weighted by molar-refractivity contribution is 0.101. The zero-order chi connectivity index (χ0) is 17.7. The standard InChI is InChI=1S/C17H18FNO4S/c1-13(20)14-7-9-15(10-8-14)24(21,22)19(2)11-12-23-17-6-4-3-5-16(17)18/h3-10H,11-12H2,1-2H3. The van der Waals surface area contributed by atoms with Crippen LogP contribution in [0.4, 0.5) is 4.39 Å². The number of carbonyl (C=O) groups excluding carboxylic acids is 1. The van der Waals surface area contributed by atoms with Gasteiger partial charge in [0.05, 0.1) is 4.90 Å². The highest BCUT2D eigenvalue weighted by Gasteiger charge is 2.20. The molecule has 0 bridgehead atoms. The number of hydrogen-bond donors (Lipinski definition) is 0. The monoisotopic (exact) mass is 351 g/mol. The van der Waals surface area contributed by atoms with Crippen LogP contribution in [-0.2, 0) is 10.0 Å². The molecule has 0 saturated heterocycles. The minimum Gasteiger partial charge on any atom is -0.489 e. The fraction of sp³-hybridized carbons (Fsp3) is 0.235. The molecule has 0 aliphatic rings. The number of Topliss-reactive ketones (excluding diaryl/α,β-unsaturated/α-hetero) is 1. The molecule has 0 radical (unpaired) electrons. The van der Waals surface area contributed by atoms with E-state index in [9.17, 15) is 17.6 Å². The molecule has 0 fully saturated rings. The van der Waals surface area contributed by atoms with Crippen molar-refractivity contribution in [3.63, 3.8) is 0 Å². The predicted octanol–water partition coefficient (Wildman–Crippen LogP) is 2.73. The van der Waals surface area contributed by atoms with Crippen molar-refractivity contribution in [2.45, 2.75) is 11.8 Å². The van der Waals surface area contributed by atoms with Crippen LogP contribution in [0.2, 0.25) is 0 Å². The smallest absolute Gasteiger partial charge is 0.242 e. The van der Waals surface area contributed by atoms with E-state index in [0.717, 1.165) is 4.31 Å². The second-order valence-corrected chi connectivity index (χ2v) is 7.23. The number of para-hydroxylation sites is 1. The van der Waals surface area contributed by atoms with E-state index in [-0.39, 0.29) is 29.6 Å². The molecule has 0 unspecified atom stereocenters. The van der Waals surface area contributed by atoms with Crippen LogP contribution in [0.1, 0.15) is 17.3 Å². The first kappa shape index (κ1) is 18.1. The summed E-state index contributed by atoms with van der Waals surface area (Å²) in [5.74, 6) is -0.553. The summed E-state index contributed by atoms with van der Waals surface area (Å²) in [6.07, 6.45) is 0. The maximum absolute atomic E-state index is 13.4. The first-order valence-corrected chi connectivity index (χ1v) is 8.71. The number of sulfonamides is 1. The predicted molar refractivity (Wildman–Crippen MR) is 88.2 cm³/mol. The van der Waals surface area contributed by atoms with Crippen molar-refractivity contribution in [2.75, 3.05) is 20.2 Å². The van der Waals surface area contributed by atoms with Gasteiger partial charge in [-0.1, -0.05) is 24.3 Å². The number of likely N-dealkylation sites (N-methyl/N-ethyl adjacent to an activating group) is 1. The summed E-state index contributed by atoms with van der Waals surface area (Å²) in [6, 6.07) is 11.6. The fourth-order valence-electron chi connectivity index (χ4n) is 2.01. The van der Waals surface area contributed by atoms with Crippen LogP contribution in [0.5, 0.6) is 5.75 Å². The van der Waals surface area contributed by atoms with Gasteiger partial charge in [-0.25, -0.2) is 12.8 Å². The highest BCUT2D eigenvalue weighted by molar-refractivity contribution is 7.89. The number of benzene rings is 2. The summed E-state index contributed by atoms with van der Waals surface area (Å²) < 4.78 is 44.7. The lowest BCUT2D eigenvalue weighted by atomic mass is 10.2. The van der Waals surface area contributed by atoms with E-state index in [1.807, 2.05) is 0 Å². The lowest BCUT2D eigenvalue weighted by Crippen LogP contribution is -2.31. The number of ether oxygens (including phenoxy) is 1. The van der Waals surface area contributed by atoms with Gasteiger partial charge in [-0.15, -0.1) is 0 Å². The zero-order valence-corrected chi connectivity index (χ0v) is 14.2. The van der Waals surface area contributed by atoms with Crippen LogP contribution in [0.25, 0.3) is 0 Å².